The van der Waals surface area contributed by atoms with E-state index in [1.165, 1.54) is 0 Å². The van der Waals surface area contributed by atoms with Crippen LogP contribution in [0.1, 0.15) is 18.4 Å². The molecule has 1 aromatic heterocycles. The number of nitrogens with two attached hydrogens (primary N) is 2. The first-order valence-electron chi connectivity index (χ1n) is 6.76. The van der Waals surface area contributed by atoms with Crippen molar-refractivity contribution in [2.75, 3.05) is 30.3 Å². The van der Waals surface area contributed by atoms with Crippen molar-refractivity contribution < 1.29 is 14.3 Å². The number of carbonyl (C=O) groups is 1. The number of hydrogen-bond donors (Lipinski definition) is 2. The van der Waals surface area contributed by atoms with E-state index < -0.39 is 6.09 Å². The number of amides is 1. The summed E-state index contributed by atoms with van der Waals surface area (Å²) in [6, 6.07) is 0. The summed E-state index contributed by atoms with van der Waals surface area (Å²) < 4.78 is 10.6. The van der Waals surface area contributed by atoms with Crippen molar-refractivity contribution in [1.82, 2.24) is 4.98 Å². The fourth-order valence-electron chi connectivity index (χ4n) is 2.92. The number of nitrogen functional groups attached to an aromatic ring is 1. The zero-order valence-electron chi connectivity index (χ0n) is 11.2. The summed E-state index contributed by atoms with van der Waals surface area (Å²) in [5, 5.41) is 0. The number of rotatable bonds is 2. The van der Waals surface area contributed by atoms with E-state index in [-0.39, 0.29) is 6.10 Å². The summed E-state index contributed by atoms with van der Waals surface area (Å²) in [7, 11) is 0. The van der Waals surface area contributed by atoms with Crippen LogP contribution in [0.25, 0.3) is 0 Å². The minimum atomic E-state index is -0.729. The number of primary amides is 1. The molecule has 0 bridgehead atoms. The number of fused-ring (bicyclic) bond motifs is 1. The SMILES string of the molecule is NC(=O)OC1CCCN(c2c(N)cnc3c2CCO3)C1. The van der Waals surface area contributed by atoms with Gasteiger partial charge in [0.1, 0.15) is 6.10 Å². The predicted octanol–water partition coefficient (Wildman–Crippen LogP) is 0.663. The third kappa shape index (κ3) is 2.31. The zero-order valence-corrected chi connectivity index (χ0v) is 11.2. The molecule has 1 aromatic rings. The topological polar surface area (TPSA) is 104 Å². The number of anilines is 2. The minimum Gasteiger partial charge on any atom is -0.477 e. The lowest BCUT2D eigenvalue weighted by Crippen LogP contribution is -2.42. The highest BCUT2D eigenvalue weighted by Gasteiger charge is 2.28. The van der Waals surface area contributed by atoms with Crippen LogP contribution in [0.5, 0.6) is 5.88 Å². The van der Waals surface area contributed by atoms with Gasteiger partial charge in [-0.2, -0.15) is 0 Å². The Kier molecular flexibility index (Phi) is 3.25. The van der Waals surface area contributed by atoms with Crippen molar-refractivity contribution in [2.24, 2.45) is 5.73 Å². The highest BCUT2D eigenvalue weighted by Crippen LogP contribution is 2.37. The van der Waals surface area contributed by atoms with Crippen LogP contribution in [0.3, 0.4) is 0 Å². The Morgan fingerprint density at radius 1 is 1.55 bits per heavy atom. The van der Waals surface area contributed by atoms with E-state index in [9.17, 15) is 4.79 Å². The fourth-order valence-corrected chi connectivity index (χ4v) is 2.92. The maximum atomic E-state index is 10.9. The summed E-state index contributed by atoms with van der Waals surface area (Å²) >= 11 is 0. The smallest absolute Gasteiger partial charge is 0.404 e. The molecule has 108 valence electrons. The zero-order chi connectivity index (χ0) is 14.1. The number of piperidine rings is 1. The Morgan fingerprint density at radius 2 is 2.40 bits per heavy atom. The summed E-state index contributed by atoms with van der Waals surface area (Å²) in [4.78, 5) is 17.2. The molecule has 2 aliphatic heterocycles. The van der Waals surface area contributed by atoms with Crippen molar-refractivity contribution in [1.29, 1.82) is 0 Å². The van der Waals surface area contributed by atoms with Crippen LogP contribution in [0, 0.1) is 0 Å². The van der Waals surface area contributed by atoms with Gasteiger partial charge in [0.05, 0.1) is 30.7 Å². The van der Waals surface area contributed by atoms with Gasteiger partial charge in [-0.05, 0) is 12.8 Å². The van der Waals surface area contributed by atoms with Crippen molar-refractivity contribution in [3.63, 3.8) is 0 Å². The van der Waals surface area contributed by atoms with E-state index in [2.05, 4.69) is 9.88 Å². The second-order valence-corrected chi connectivity index (χ2v) is 5.09. The van der Waals surface area contributed by atoms with Gasteiger partial charge in [-0.25, -0.2) is 9.78 Å². The van der Waals surface area contributed by atoms with Gasteiger partial charge in [-0.3, -0.25) is 0 Å². The Morgan fingerprint density at radius 3 is 3.20 bits per heavy atom. The second kappa shape index (κ2) is 5.07. The van der Waals surface area contributed by atoms with E-state index in [0.29, 0.717) is 24.7 Å². The van der Waals surface area contributed by atoms with Gasteiger partial charge in [0.15, 0.2) is 0 Å². The molecule has 1 amide bonds. The third-order valence-electron chi connectivity index (χ3n) is 3.71. The Balaban J connectivity index is 1.85. The Hall–Kier alpha value is -2.18. The maximum absolute atomic E-state index is 10.9. The van der Waals surface area contributed by atoms with Gasteiger partial charge in [-0.1, -0.05) is 0 Å². The predicted molar refractivity (Wildman–Crippen MR) is 73.8 cm³/mol. The molecule has 20 heavy (non-hydrogen) atoms. The lowest BCUT2D eigenvalue weighted by molar-refractivity contribution is 0.0966. The van der Waals surface area contributed by atoms with Crippen LogP contribution >= 0.6 is 0 Å². The molecular formula is C13H18N4O3. The molecule has 0 aliphatic carbocycles. The first kappa shape index (κ1) is 12.8. The lowest BCUT2D eigenvalue weighted by Gasteiger charge is -2.35. The van der Waals surface area contributed by atoms with Crippen molar-refractivity contribution in [3.05, 3.63) is 11.8 Å². The molecule has 0 radical (unpaired) electrons. The van der Waals surface area contributed by atoms with E-state index in [1.54, 1.807) is 6.20 Å². The number of aromatic nitrogens is 1. The van der Waals surface area contributed by atoms with Crippen molar-refractivity contribution >= 4 is 17.5 Å². The highest BCUT2D eigenvalue weighted by molar-refractivity contribution is 5.74. The molecule has 1 saturated heterocycles. The normalized spacial score (nSPS) is 21.2. The quantitative estimate of drug-likeness (QED) is 0.823. The van der Waals surface area contributed by atoms with Crippen LogP contribution < -0.4 is 21.1 Å². The average Bonchev–Trinajstić information content (AvgIpc) is 2.86. The number of carbonyl (C=O) groups excluding carboxylic acids is 1. The minimum absolute atomic E-state index is 0.188. The van der Waals surface area contributed by atoms with Crippen LogP contribution in [-0.2, 0) is 11.2 Å². The van der Waals surface area contributed by atoms with E-state index in [4.69, 9.17) is 20.9 Å². The van der Waals surface area contributed by atoms with Gasteiger partial charge in [0, 0.05) is 18.5 Å². The van der Waals surface area contributed by atoms with Crippen LogP contribution in [0.15, 0.2) is 6.20 Å². The number of pyridine rings is 1. The molecule has 7 nitrogen and oxygen atoms in total. The maximum Gasteiger partial charge on any atom is 0.404 e. The van der Waals surface area contributed by atoms with Crippen LogP contribution in [-0.4, -0.2) is 36.9 Å². The van der Waals surface area contributed by atoms with Gasteiger partial charge >= 0.3 is 6.09 Å². The number of hydrogen-bond acceptors (Lipinski definition) is 6. The largest absolute Gasteiger partial charge is 0.477 e. The molecule has 1 fully saturated rings. The first-order valence-corrected chi connectivity index (χ1v) is 6.76. The molecule has 1 atom stereocenters. The first-order chi connectivity index (χ1) is 9.65. The average molecular weight is 278 g/mol. The Labute approximate surface area is 116 Å². The molecular weight excluding hydrogens is 260 g/mol. The summed E-state index contributed by atoms with van der Waals surface area (Å²) in [6.07, 6.45) is 3.26. The van der Waals surface area contributed by atoms with Gasteiger partial charge in [-0.15, -0.1) is 0 Å². The van der Waals surface area contributed by atoms with Gasteiger partial charge in [0.25, 0.3) is 0 Å². The van der Waals surface area contributed by atoms with Crippen molar-refractivity contribution in [2.45, 2.75) is 25.4 Å². The van der Waals surface area contributed by atoms with E-state index in [0.717, 1.165) is 37.1 Å². The lowest BCUT2D eigenvalue weighted by atomic mass is 10.0. The molecule has 3 rings (SSSR count). The van der Waals surface area contributed by atoms with E-state index >= 15 is 0 Å². The standard InChI is InChI=1S/C13H18N4O3/c14-10-6-16-12-9(3-5-19-12)11(10)17-4-1-2-8(7-17)20-13(15)18/h6,8H,1-5,7,14H2,(H2,15,18). The monoisotopic (exact) mass is 278 g/mol. The number of ether oxygens (including phenoxy) is 2. The molecule has 0 aromatic carbocycles. The fraction of sp³-hybridized carbons (Fsp3) is 0.538. The van der Waals surface area contributed by atoms with Gasteiger partial charge in [0.2, 0.25) is 5.88 Å². The third-order valence-corrected chi connectivity index (χ3v) is 3.71. The molecule has 1 unspecified atom stereocenters. The molecule has 3 heterocycles. The van der Waals surface area contributed by atoms with Crippen molar-refractivity contribution in [3.8, 4) is 5.88 Å². The molecule has 7 heteroatoms. The van der Waals surface area contributed by atoms with Gasteiger partial charge < -0.3 is 25.8 Å². The molecule has 4 N–H and O–H groups in total. The second-order valence-electron chi connectivity index (χ2n) is 5.09. The molecule has 2 aliphatic rings. The van der Waals surface area contributed by atoms with Crippen LogP contribution in [0.4, 0.5) is 16.2 Å². The Bertz CT molecular complexity index is 535. The molecule has 0 saturated carbocycles. The number of nitrogens with zero attached hydrogens (tertiary/aromatic N) is 2. The summed E-state index contributed by atoms with van der Waals surface area (Å²) in [6.45, 7) is 2.11. The summed E-state index contributed by atoms with van der Waals surface area (Å²) in [5.41, 5.74) is 13.8. The molecule has 0 spiro atoms. The highest BCUT2D eigenvalue weighted by atomic mass is 16.6. The summed E-state index contributed by atoms with van der Waals surface area (Å²) in [5.74, 6) is 0.659. The van der Waals surface area contributed by atoms with Crippen LogP contribution in [0.2, 0.25) is 0 Å². The van der Waals surface area contributed by atoms with E-state index in [1.807, 2.05) is 0 Å².